The van der Waals surface area contributed by atoms with Crippen LogP contribution in [0.3, 0.4) is 0 Å². The van der Waals surface area contributed by atoms with Crippen molar-refractivity contribution in [3.05, 3.63) is 0 Å². The van der Waals surface area contributed by atoms with Crippen molar-refractivity contribution in [3.8, 4) is 0 Å². The van der Waals surface area contributed by atoms with Crippen LogP contribution in [0, 0.1) is 0 Å². The summed E-state index contributed by atoms with van der Waals surface area (Å²) in [4.78, 5) is 12.3. The molecule has 1 N–H and O–H groups in total. The van der Waals surface area contributed by atoms with Crippen molar-refractivity contribution in [2.75, 3.05) is 13.1 Å². The van der Waals surface area contributed by atoms with E-state index in [2.05, 4.69) is 0 Å². The molecule has 0 aromatic rings. The summed E-state index contributed by atoms with van der Waals surface area (Å²) in [5.74, 6) is 0. The Labute approximate surface area is 60.6 Å². The van der Waals surface area contributed by atoms with Crippen LogP contribution in [-0.2, 0) is 4.79 Å². The predicted molar refractivity (Wildman–Crippen MR) is 37.7 cm³/mol. The first-order valence-electron chi connectivity index (χ1n) is 3.61. The molecule has 0 radical (unpaired) electrons. The Morgan fingerprint density at radius 3 is 2.90 bits per heavy atom. The van der Waals surface area contributed by atoms with Gasteiger partial charge in [-0.15, -0.1) is 0 Å². The number of aliphatic hydroxyl groups excluding tert-OH is 1. The maximum Gasteiger partial charge on any atom is 0.136 e. The zero-order chi connectivity index (χ0) is 7.56. The maximum absolute atomic E-state index is 10.3. The first-order chi connectivity index (χ1) is 4.74. The number of likely N-dealkylation sites (tertiary alicyclic amines) is 1. The van der Waals surface area contributed by atoms with E-state index in [4.69, 9.17) is 5.11 Å². The quantitative estimate of drug-likeness (QED) is 0.537. The number of rotatable bonds is 2. The second kappa shape index (κ2) is 3.12. The molecule has 1 saturated heterocycles. The predicted octanol–water partition coefficient (Wildman–Crippen LogP) is -0.360. The lowest BCUT2D eigenvalue weighted by molar-refractivity contribution is -0.111. The van der Waals surface area contributed by atoms with E-state index in [-0.39, 0.29) is 12.1 Å². The molecule has 1 rings (SSSR count). The minimum atomic E-state index is -0.220. The Hall–Kier alpha value is -0.410. The molecule has 0 aromatic heterocycles. The Morgan fingerprint density at radius 2 is 2.50 bits per heavy atom. The third-order valence-electron chi connectivity index (χ3n) is 1.97. The molecule has 0 amide bonds. The molecule has 1 heterocycles. The fraction of sp³-hybridized carbons (Fsp3) is 0.857. The number of carbonyl (C=O) groups is 1. The van der Waals surface area contributed by atoms with Crippen LogP contribution in [0.15, 0.2) is 0 Å². The smallest absolute Gasteiger partial charge is 0.136 e. The van der Waals surface area contributed by atoms with Crippen LogP contribution in [0.25, 0.3) is 0 Å². The molecule has 0 aliphatic carbocycles. The summed E-state index contributed by atoms with van der Waals surface area (Å²) in [6, 6.07) is -0.0304. The van der Waals surface area contributed by atoms with Gasteiger partial charge < -0.3 is 9.90 Å². The lowest BCUT2D eigenvalue weighted by Gasteiger charge is -2.17. The number of aldehydes is 1. The number of aliphatic hydroxyl groups is 1. The minimum absolute atomic E-state index is 0.0304. The molecule has 1 fully saturated rings. The summed E-state index contributed by atoms with van der Waals surface area (Å²) in [6.07, 6.45) is 1.50. The fourth-order valence-corrected chi connectivity index (χ4v) is 1.22. The van der Waals surface area contributed by atoms with Crippen LogP contribution in [0.4, 0.5) is 0 Å². The van der Waals surface area contributed by atoms with Crippen molar-refractivity contribution in [2.45, 2.75) is 25.5 Å². The molecule has 0 spiro atoms. The number of hydrogen-bond donors (Lipinski definition) is 1. The summed E-state index contributed by atoms with van der Waals surface area (Å²) < 4.78 is 0. The zero-order valence-electron chi connectivity index (χ0n) is 6.16. The summed E-state index contributed by atoms with van der Waals surface area (Å²) in [5, 5.41) is 9.09. The molecule has 0 aromatic carbocycles. The van der Waals surface area contributed by atoms with Crippen LogP contribution >= 0.6 is 0 Å². The number of β-amino-alcohol motifs (C(OH)–C–C–N with tert-alkyl or cyclic N) is 1. The SMILES string of the molecule is CC(C=O)N1CCC(O)C1. The van der Waals surface area contributed by atoms with E-state index in [1.807, 2.05) is 11.8 Å². The Kier molecular flexibility index (Phi) is 2.40. The van der Waals surface area contributed by atoms with Gasteiger partial charge in [-0.05, 0) is 13.3 Å². The standard InChI is InChI=1S/C7H13NO2/c1-6(5-9)8-3-2-7(10)4-8/h5-7,10H,2-4H2,1H3. The molecule has 1 aliphatic heterocycles. The van der Waals surface area contributed by atoms with E-state index in [9.17, 15) is 4.79 Å². The van der Waals surface area contributed by atoms with Crippen molar-refractivity contribution in [3.63, 3.8) is 0 Å². The van der Waals surface area contributed by atoms with Gasteiger partial charge in [0.05, 0.1) is 12.1 Å². The lowest BCUT2D eigenvalue weighted by Crippen LogP contribution is -2.32. The molecule has 0 saturated carbocycles. The van der Waals surface area contributed by atoms with Gasteiger partial charge in [0, 0.05) is 13.1 Å². The molecule has 0 bridgehead atoms. The summed E-state index contributed by atoms with van der Waals surface area (Å²) in [5.41, 5.74) is 0. The largest absolute Gasteiger partial charge is 0.392 e. The fourth-order valence-electron chi connectivity index (χ4n) is 1.22. The van der Waals surface area contributed by atoms with Crippen LogP contribution in [-0.4, -0.2) is 41.5 Å². The molecule has 2 unspecified atom stereocenters. The minimum Gasteiger partial charge on any atom is -0.392 e. The maximum atomic E-state index is 10.3. The number of carbonyl (C=O) groups excluding carboxylic acids is 1. The first-order valence-corrected chi connectivity index (χ1v) is 3.61. The van der Waals surface area contributed by atoms with Crippen molar-refractivity contribution < 1.29 is 9.90 Å². The molecular weight excluding hydrogens is 130 g/mol. The van der Waals surface area contributed by atoms with Gasteiger partial charge in [-0.25, -0.2) is 0 Å². The highest BCUT2D eigenvalue weighted by molar-refractivity contribution is 5.56. The van der Waals surface area contributed by atoms with E-state index in [0.29, 0.717) is 6.54 Å². The molecule has 3 nitrogen and oxygen atoms in total. The third kappa shape index (κ3) is 1.55. The van der Waals surface area contributed by atoms with Crippen molar-refractivity contribution in [1.29, 1.82) is 0 Å². The summed E-state index contributed by atoms with van der Waals surface area (Å²) >= 11 is 0. The van der Waals surface area contributed by atoms with Crippen molar-refractivity contribution in [2.24, 2.45) is 0 Å². The van der Waals surface area contributed by atoms with Crippen LogP contribution < -0.4 is 0 Å². The first kappa shape index (κ1) is 7.69. The molecule has 2 atom stereocenters. The molecule has 10 heavy (non-hydrogen) atoms. The molecule has 1 aliphatic rings. The Bertz CT molecular complexity index is 127. The highest BCUT2D eigenvalue weighted by Gasteiger charge is 2.23. The van der Waals surface area contributed by atoms with Gasteiger partial charge in [-0.2, -0.15) is 0 Å². The van der Waals surface area contributed by atoms with Crippen LogP contribution in [0.5, 0.6) is 0 Å². The third-order valence-corrected chi connectivity index (χ3v) is 1.97. The van der Waals surface area contributed by atoms with Gasteiger partial charge >= 0.3 is 0 Å². The highest BCUT2D eigenvalue weighted by Crippen LogP contribution is 2.10. The van der Waals surface area contributed by atoms with Gasteiger partial charge in [-0.3, -0.25) is 4.90 Å². The van der Waals surface area contributed by atoms with E-state index in [0.717, 1.165) is 19.3 Å². The van der Waals surface area contributed by atoms with E-state index >= 15 is 0 Å². The highest BCUT2D eigenvalue weighted by atomic mass is 16.3. The average Bonchev–Trinajstić information content (AvgIpc) is 2.34. The van der Waals surface area contributed by atoms with Crippen molar-refractivity contribution in [1.82, 2.24) is 4.90 Å². The summed E-state index contributed by atoms with van der Waals surface area (Å²) in [7, 11) is 0. The molecule has 3 heteroatoms. The second-order valence-electron chi connectivity index (χ2n) is 2.81. The van der Waals surface area contributed by atoms with Gasteiger partial charge in [0.25, 0.3) is 0 Å². The van der Waals surface area contributed by atoms with Gasteiger partial charge in [0.2, 0.25) is 0 Å². The van der Waals surface area contributed by atoms with Crippen molar-refractivity contribution >= 4 is 6.29 Å². The molecule has 58 valence electrons. The monoisotopic (exact) mass is 143 g/mol. The van der Waals surface area contributed by atoms with Gasteiger partial charge in [-0.1, -0.05) is 0 Å². The van der Waals surface area contributed by atoms with Crippen LogP contribution in [0.1, 0.15) is 13.3 Å². The van der Waals surface area contributed by atoms with Gasteiger partial charge in [0.1, 0.15) is 6.29 Å². The Morgan fingerprint density at radius 1 is 1.80 bits per heavy atom. The normalized spacial score (nSPS) is 30.4. The summed E-state index contributed by atoms with van der Waals surface area (Å²) in [6.45, 7) is 3.35. The number of hydrogen-bond acceptors (Lipinski definition) is 3. The molecular formula is C7H13NO2. The van der Waals surface area contributed by atoms with E-state index in [1.54, 1.807) is 0 Å². The average molecular weight is 143 g/mol. The lowest BCUT2D eigenvalue weighted by atomic mass is 10.3. The topological polar surface area (TPSA) is 40.5 Å². The second-order valence-corrected chi connectivity index (χ2v) is 2.81. The Balaban J connectivity index is 2.36. The van der Waals surface area contributed by atoms with Gasteiger partial charge in [0.15, 0.2) is 0 Å². The van der Waals surface area contributed by atoms with E-state index < -0.39 is 0 Å². The van der Waals surface area contributed by atoms with E-state index in [1.165, 1.54) is 0 Å². The number of nitrogens with zero attached hydrogens (tertiary/aromatic N) is 1. The van der Waals surface area contributed by atoms with Crippen LogP contribution in [0.2, 0.25) is 0 Å². The zero-order valence-corrected chi connectivity index (χ0v) is 6.16.